The van der Waals surface area contributed by atoms with Crippen molar-refractivity contribution in [1.29, 1.82) is 0 Å². The SMILES string of the molecule is CC1=N/C(=C(/c2c(F)c(F)c(F)c(F)c2F)c2c(C)c(-c3ccccc3C)c(/C=C/c3c(C)cc(C)cc3C)n2C)C(C)=C1c1ccccc1C. The molecule has 0 saturated carbocycles. The van der Waals surface area contributed by atoms with E-state index in [0.717, 1.165) is 55.6 Å². The summed E-state index contributed by atoms with van der Waals surface area (Å²) in [5.41, 5.74) is 11.1. The lowest BCUT2D eigenvalue weighted by Gasteiger charge is -2.18. The zero-order valence-electron chi connectivity index (χ0n) is 30.2. The number of nitrogens with zero attached hydrogens (tertiary/aromatic N) is 2. The van der Waals surface area contributed by atoms with Crippen molar-refractivity contribution in [3.8, 4) is 11.1 Å². The Morgan fingerprint density at radius 1 is 0.627 bits per heavy atom. The van der Waals surface area contributed by atoms with Crippen molar-refractivity contribution in [1.82, 2.24) is 4.57 Å². The van der Waals surface area contributed by atoms with Crippen LogP contribution in [0, 0.1) is 70.6 Å². The molecule has 6 rings (SSSR count). The van der Waals surface area contributed by atoms with Crippen LogP contribution < -0.4 is 0 Å². The van der Waals surface area contributed by atoms with Crippen molar-refractivity contribution < 1.29 is 22.0 Å². The number of rotatable bonds is 6. The molecule has 0 unspecified atom stereocenters. The zero-order valence-corrected chi connectivity index (χ0v) is 30.2. The molecule has 260 valence electrons. The summed E-state index contributed by atoms with van der Waals surface area (Å²) in [4.78, 5) is 4.84. The first-order chi connectivity index (χ1) is 24.1. The molecule has 0 saturated heterocycles. The van der Waals surface area contributed by atoms with Crippen LogP contribution in [-0.4, -0.2) is 10.3 Å². The number of halogens is 5. The molecule has 0 spiro atoms. The molecule has 0 atom stereocenters. The summed E-state index contributed by atoms with van der Waals surface area (Å²) in [6.07, 6.45) is 3.96. The molecule has 0 aliphatic carbocycles. The van der Waals surface area contributed by atoms with Crippen LogP contribution in [0.1, 0.15) is 75.3 Å². The van der Waals surface area contributed by atoms with Crippen molar-refractivity contribution in [2.75, 3.05) is 0 Å². The normalized spacial score (nSPS) is 14.3. The van der Waals surface area contributed by atoms with Crippen LogP contribution in [0.3, 0.4) is 0 Å². The van der Waals surface area contributed by atoms with E-state index in [0.29, 0.717) is 22.5 Å². The minimum absolute atomic E-state index is 0.134. The lowest BCUT2D eigenvalue weighted by Crippen LogP contribution is -2.11. The van der Waals surface area contributed by atoms with E-state index in [9.17, 15) is 4.39 Å². The molecular formula is C44H39F5N2. The number of hydrogen-bond donors (Lipinski definition) is 0. The van der Waals surface area contributed by atoms with Gasteiger partial charge in [-0.05, 0) is 112 Å². The molecule has 1 aromatic heterocycles. The summed E-state index contributed by atoms with van der Waals surface area (Å²) in [6, 6.07) is 19.6. The highest BCUT2D eigenvalue weighted by Crippen LogP contribution is 2.46. The van der Waals surface area contributed by atoms with E-state index in [4.69, 9.17) is 4.99 Å². The minimum atomic E-state index is -2.21. The first-order valence-electron chi connectivity index (χ1n) is 16.8. The number of aromatic nitrogens is 1. The highest BCUT2D eigenvalue weighted by atomic mass is 19.2. The van der Waals surface area contributed by atoms with Gasteiger partial charge in [0.1, 0.15) is 0 Å². The maximum absolute atomic E-state index is 16.1. The Labute approximate surface area is 296 Å². The van der Waals surface area contributed by atoms with Crippen LogP contribution in [-0.2, 0) is 7.05 Å². The summed E-state index contributed by atoms with van der Waals surface area (Å²) >= 11 is 0. The van der Waals surface area contributed by atoms with Gasteiger partial charge in [0.2, 0.25) is 5.82 Å². The van der Waals surface area contributed by atoms with Gasteiger partial charge in [0.15, 0.2) is 23.3 Å². The average molecular weight is 691 g/mol. The Morgan fingerprint density at radius 3 is 1.69 bits per heavy atom. The fourth-order valence-electron chi connectivity index (χ4n) is 7.57. The smallest absolute Gasteiger partial charge is 0.200 e. The third-order valence-corrected chi connectivity index (χ3v) is 9.96. The van der Waals surface area contributed by atoms with Crippen molar-refractivity contribution in [2.45, 2.75) is 55.4 Å². The fraction of sp³-hybridized carbons (Fsp3) is 0.205. The quantitative estimate of drug-likeness (QED) is 0.0959. The number of aryl methyl sites for hydroxylation is 5. The van der Waals surface area contributed by atoms with Crippen LogP contribution in [0.25, 0.3) is 34.4 Å². The molecule has 0 radical (unpaired) electrons. The van der Waals surface area contributed by atoms with Gasteiger partial charge >= 0.3 is 0 Å². The molecule has 0 amide bonds. The summed E-state index contributed by atoms with van der Waals surface area (Å²) in [7, 11) is 1.75. The number of allylic oxidation sites excluding steroid dienone is 2. The predicted octanol–water partition coefficient (Wildman–Crippen LogP) is 12.1. The van der Waals surface area contributed by atoms with Crippen LogP contribution in [0.5, 0.6) is 0 Å². The molecule has 5 aromatic rings. The Hall–Kier alpha value is -5.30. The van der Waals surface area contributed by atoms with Gasteiger partial charge in [0.05, 0.1) is 17.0 Å². The molecule has 1 aliphatic rings. The van der Waals surface area contributed by atoms with Crippen LogP contribution in [0.4, 0.5) is 22.0 Å². The second-order valence-corrected chi connectivity index (χ2v) is 13.4. The zero-order chi connectivity index (χ0) is 37.0. The molecule has 2 nitrogen and oxygen atoms in total. The summed E-state index contributed by atoms with van der Waals surface area (Å²) in [5.74, 6) is -10.1. The van der Waals surface area contributed by atoms with Gasteiger partial charge in [-0.3, -0.25) is 4.99 Å². The van der Waals surface area contributed by atoms with E-state index < -0.39 is 34.6 Å². The first-order valence-corrected chi connectivity index (χ1v) is 16.8. The van der Waals surface area contributed by atoms with Gasteiger partial charge in [-0.1, -0.05) is 72.3 Å². The van der Waals surface area contributed by atoms with E-state index in [2.05, 4.69) is 12.1 Å². The molecule has 2 heterocycles. The number of benzene rings is 4. The average Bonchev–Trinajstić information content (AvgIpc) is 3.50. The summed E-state index contributed by atoms with van der Waals surface area (Å²) in [6.45, 7) is 15.4. The maximum Gasteiger partial charge on any atom is 0.200 e. The third-order valence-electron chi connectivity index (χ3n) is 9.96. The number of aliphatic imine (C=N–C) groups is 1. The van der Waals surface area contributed by atoms with Gasteiger partial charge in [-0.25, -0.2) is 22.0 Å². The van der Waals surface area contributed by atoms with Gasteiger partial charge in [-0.2, -0.15) is 0 Å². The van der Waals surface area contributed by atoms with Crippen LogP contribution >= 0.6 is 0 Å². The van der Waals surface area contributed by atoms with Crippen LogP contribution in [0.2, 0.25) is 0 Å². The Kier molecular flexibility index (Phi) is 9.36. The molecule has 7 heteroatoms. The number of hydrogen-bond acceptors (Lipinski definition) is 1. The van der Waals surface area contributed by atoms with E-state index in [1.165, 1.54) is 0 Å². The minimum Gasteiger partial charge on any atom is -0.343 e. The molecule has 4 aromatic carbocycles. The van der Waals surface area contributed by atoms with Gasteiger partial charge in [0, 0.05) is 35.2 Å². The second kappa shape index (κ2) is 13.4. The largest absolute Gasteiger partial charge is 0.343 e. The van der Waals surface area contributed by atoms with E-state index in [1.807, 2.05) is 102 Å². The maximum atomic E-state index is 16.1. The van der Waals surface area contributed by atoms with Gasteiger partial charge in [0.25, 0.3) is 0 Å². The highest BCUT2D eigenvalue weighted by Gasteiger charge is 2.35. The lowest BCUT2D eigenvalue weighted by molar-refractivity contribution is 0.376. The predicted molar refractivity (Wildman–Crippen MR) is 199 cm³/mol. The molecule has 0 bridgehead atoms. The standard InChI is InChI=1S/C44H39F5N2/c1-22-20-25(4)30(26(5)21-22)18-19-33-35(32-17-13-11-15-24(32)3)28(7)44(51(33)9)37(36-38(45)40(47)42(49)41(48)39(36)46)43-27(6)34(29(8)50-43)31-16-12-10-14-23(31)2/h10-21H,1-9H3/b19-18+,43-37-. The molecule has 0 N–H and O–H groups in total. The van der Waals surface area contributed by atoms with E-state index in [1.54, 1.807) is 25.5 Å². The molecule has 51 heavy (non-hydrogen) atoms. The molecule has 1 aliphatic heterocycles. The Morgan fingerprint density at radius 2 is 1.14 bits per heavy atom. The first kappa shape index (κ1) is 35.5. The summed E-state index contributed by atoms with van der Waals surface area (Å²) < 4.78 is 78.7. The van der Waals surface area contributed by atoms with Crippen molar-refractivity contribution in [2.24, 2.45) is 12.0 Å². The second-order valence-electron chi connectivity index (χ2n) is 13.4. The summed E-state index contributed by atoms with van der Waals surface area (Å²) in [5, 5.41) is 0. The fourth-order valence-corrected chi connectivity index (χ4v) is 7.57. The van der Waals surface area contributed by atoms with Crippen molar-refractivity contribution >= 4 is 29.0 Å². The third kappa shape index (κ3) is 5.88. The van der Waals surface area contributed by atoms with Gasteiger partial charge in [-0.15, -0.1) is 0 Å². The monoisotopic (exact) mass is 690 g/mol. The van der Waals surface area contributed by atoms with E-state index >= 15 is 17.6 Å². The molecular weight excluding hydrogens is 651 g/mol. The highest BCUT2D eigenvalue weighted by molar-refractivity contribution is 6.27. The Balaban J connectivity index is 1.78. The van der Waals surface area contributed by atoms with Crippen molar-refractivity contribution in [3.05, 3.63) is 162 Å². The van der Waals surface area contributed by atoms with Crippen LogP contribution in [0.15, 0.2) is 76.9 Å². The molecule has 0 fully saturated rings. The topological polar surface area (TPSA) is 17.3 Å². The Bertz CT molecular complexity index is 2350. The van der Waals surface area contributed by atoms with Crippen molar-refractivity contribution in [3.63, 3.8) is 0 Å². The van der Waals surface area contributed by atoms with E-state index in [-0.39, 0.29) is 17.0 Å². The lowest BCUT2D eigenvalue weighted by atomic mass is 9.89. The van der Waals surface area contributed by atoms with Gasteiger partial charge < -0.3 is 4.57 Å².